The van der Waals surface area contributed by atoms with E-state index in [1.165, 1.54) is 12.1 Å². The Balaban J connectivity index is 2.03. The maximum atomic E-state index is 12.3. The van der Waals surface area contributed by atoms with Crippen LogP contribution in [0, 0.1) is 13.8 Å². The number of rotatable bonds is 2. The van der Waals surface area contributed by atoms with Crippen molar-refractivity contribution in [2.24, 2.45) is 0 Å². The highest BCUT2D eigenvalue weighted by Crippen LogP contribution is 2.30. The minimum absolute atomic E-state index is 0.212. The summed E-state index contributed by atoms with van der Waals surface area (Å²) in [6.07, 6.45) is -2.97. The van der Waals surface area contributed by atoms with Crippen LogP contribution in [0.2, 0.25) is 0 Å². The van der Waals surface area contributed by atoms with E-state index in [1.807, 2.05) is 25.1 Å². The van der Waals surface area contributed by atoms with Gasteiger partial charge in [0, 0.05) is 11.9 Å². The molecule has 0 atom stereocenters. The van der Waals surface area contributed by atoms with Crippen LogP contribution in [0.25, 0.3) is 16.6 Å². The van der Waals surface area contributed by atoms with Crippen LogP contribution >= 0.6 is 0 Å². The molecular weight excluding hydrogens is 293 g/mol. The predicted molar refractivity (Wildman–Crippen MR) is 76.8 cm³/mol. The van der Waals surface area contributed by atoms with Gasteiger partial charge >= 0.3 is 6.36 Å². The van der Waals surface area contributed by atoms with Crippen LogP contribution in [0.4, 0.5) is 13.2 Å². The molecule has 114 valence electrons. The summed E-state index contributed by atoms with van der Waals surface area (Å²) < 4.78 is 42.5. The lowest BCUT2D eigenvalue weighted by atomic mass is 10.00. The molecule has 0 aliphatic carbocycles. The number of ether oxygens (including phenoxy) is 1. The number of aryl methyl sites for hydroxylation is 2. The smallest absolute Gasteiger partial charge is 0.406 e. The molecule has 2 heterocycles. The Kier molecular flexibility index (Phi) is 3.31. The normalized spacial score (nSPS) is 11.9. The lowest BCUT2D eigenvalue weighted by Crippen LogP contribution is -2.17. The van der Waals surface area contributed by atoms with Crippen molar-refractivity contribution in [1.29, 1.82) is 0 Å². The minimum atomic E-state index is -4.68. The zero-order valence-electron chi connectivity index (χ0n) is 12.0. The predicted octanol–water partition coefficient (Wildman–Crippen LogP) is 4.52. The molecule has 0 aliphatic heterocycles. The topological polar surface area (TPSA) is 26.5 Å². The van der Waals surface area contributed by atoms with Crippen LogP contribution in [0.15, 0.2) is 42.6 Å². The van der Waals surface area contributed by atoms with E-state index in [-0.39, 0.29) is 5.75 Å². The minimum Gasteiger partial charge on any atom is -0.406 e. The summed E-state index contributed by atoms with van der Waals surface area (Å²) in [5.41, 5.74) is 4.39. The fraction of sp³-hybridized carbons (Fsp3) is 0.188. The number of pyridine rings is 1. The molecular formula is C16H13F3N2O. The van der Waals surface area contributed by atoms with Gasteiger partial charge in [0.1, 0.15) is 5.75 Å². The Hall–Kier alpha value is -2.50. The molecule has 0 amide bonds. The van der Waals surface area contributed by atoms with E-state index in [1.54, 1.807) is 23.7 Å². The number of hydrogen-bond donors (Lipinski definition) is 0. The summed E-state index contributed by atoms with van der Waals surface area (Å²) >= 11 is 0. The second kappa shape index (κ2) is 5.05. The molecule has 3 rings (SSSR count). The summed E-state index contributed by atoms with van der Waals surface area (Å²) in [5, 5.41) is 4.20. The van der Waals surface area contributed by atoms with Gasteiger partial charge in [-0.15, -0.1) is 13.2 Å². The van der Waals surface area contributed by atoms with Gasteiger partial charge in [0.05, 0.1) is 5.52 Å². The summed E-state index contributed by atoms with van der Waals surface area (Å²) in [6, 6.07) is 10.1. The summed E-state index contributed by atoms with van der Waals surface area (Å²) in [7, 11) is 0. The van der Waals surface area contributed by atoms with Crippen LogP contribution in [-0.2, 0) is 0 Å². The maximum Gasteiger partial charge on any atom is 0.573 e. The molecule has 3 aromatic rings. The third kappa shape index (κ3) is 2.77. The van der Waals surface area contributed by atoms with Crippen molar-refractivity contribution in [1.82, 2.24) is 9.61 Å². The molecule has 2 aromatic heterocycles. The van der Waals surface area contributed by atoms with Gasteiger partial charge in [-0.25, -0.2) is 4.52 Å². The second-order valence-electron chi connectivity index (χ2n) is 5.08. The van der Waals surface area contributed by atoms with E-state index in [0.717, 1.165) is 22.3 Å². The number of nitrogens with zero attached hydrogens (tertiary/aromatic N) is 2. The number of fused-ring (bicyclic) bond motifs is 1. The van der Waals surface area contributed by atoms with Crippen LogP contribution in [-0.4, -0.2) is 16.0 Å². The first-order valence-corrected chi connectivity index (χ1v) is 6.65. The lowest BCUT2D eigenvalue weighted by Gasteiger charge is -2.12. The van der Waals surface area contributed by atoms with E-state index in [4.69, 9.17) is 0 Å². The number of aromatic nitrogens is 2. The SMILES string of the molecule is Cc1cc(OC(F)(F)F)ccc1-c1cc(C)n2nccc2c1. The van der Waals surface area contributed by atoms with Gasteiger partial charge in [0.2, 0.25) is 0 Å². The maximum absolute atomic E-state index is 12.3. The molecule has 0 saturated heterocycles. The van der Waals surface area contributed by atoms with Crippen molar-refractivity contribution >= 4 is 5.52 Å². The standard InChI is InChI=1S/C16H13F3N2O/c1-10-7-14(22-16(17,18)19)3-4-15(10)12-8-11(2)21-13(9-12)5-6-20-21/h3-9H,1-2H3. The van der Waals surface area contributed by atoms with E-state index in [9.17, 15) is 13.2 Å². The Bertz CT molecular complexity index is 837. The number of halogens is 3. The summed E-state index contributed by atoms with van der Waals surface area (Å²) in [6.45, 7) is 3.69. The van der Waals surface area contributed by atoms with E-state index in [2.05, 4.69) is 9.84 Å². The molecule has 0 fully saturated rings. The Morgan fingerprint density at radius 3 is 2.50 bits per heavy atom. The van der Waals surface area contributed by atoms with Crippen molar-refractivity contribution in [2.45, 2.75) is 20.2 Å². The first-order valence-electron chi connectivity index (χ1n) is 6.65. The average molecular weight is 306 g/mol. The monoisotopic (exact) mass is 306 g/mol. The number of alkyl halides is 3. The van der Waals surface area contributed by atoms with Gasteiger partial charge < -0.3 is 4.74 Å². The fourth-order valence-electron chi connectivity index (χ4n) is 2.52. The molecule has 6 heteroatoms. The Morgan fingerprint density at radius 2 is 1.82 bits per heavy atom. The summed E-state index contributed by atoms with van der Waals surface area (Å²) in [4.78, 5) is 0. The zero-order chi connectivity index (χ0) is 15.9. The Labute approximate surface area is 124 Å². The highest BCUT2D eigenvalue weighted by molar-refractivity contribution is 5.72. The first-order chi connectivity index (χ1) is 10.3. The van der Waals surface area contributed by atoms with Crippen LogP contribution in [0.5, 0.6) is 5.75 Å². The van der Waals surface area contributed by atoms with Crippen molar-refractivity contribution in [3.63, 3.8) is 0 Å². The quantitative estimate of drug-likeness (QED) is 0.696. The Morgan fingerprint density at radius 1 is 1.05 bits per heavy atom. The second-order valence-corrected chi connectivity index (χ2v) is 5.08. The fourth-order valence-corrected chi connectivity index (χ4v) is 2.52. The van der Waals surface area contributed by atoms with Gasteiger partial charge in [-0.3, -0.25) is 0 Å². The summed E-state index contributed by atoms with van der Waals surface area (Å²) in [5.74, 6) is -0.212. The highest BCUT2D eigenvalue weighted by atomic mass is 19.4. The first kappa shape index (κ1) is 14.4. The molecule has 0 saturated carbocycles. The average Bonchev–Trinajstić information content (AvgIpc) is 2.85. The molecule has 0 radical (unpaired) electrons. The third-order valence-corrected chi connectivity index (χ3v) is 3.42. The van der Waals surface area contributed by atoms with Crippen molar-refractivity contribution in [2.75, 3.05) is 0 Å². The van der Waals surface area contributed by atoms with E-state index >= 15 is 0 Å². The molecule has 0 bridgehead atoms. The molecule has 0 N–H and O–H groups in total. The molecule has 22 heavy (non-hydrogen) atoms. The van der Waals surface area contributed by atoms with Gasteiger partial charge in [0.25, 0.3) is 0 Å². The third-order valence-electron chi connectivity index (χ3n) is 3.42. The molecule has 1 aromatic carbocycles. The van der Waals surface area contributed by atoms with Crippen molar-refractivity contribution in [3.8, 4) is 16.9 Å². The van der Waals surface area contributed by atoms with E-state index < -0.39 is 6.36 Å². The molecule has 3 nitrogen and oxygen atoms in total. The van der Waals surface area contributed by atoms with E-state index in [0.29, 0.717) is 5.56 Å². The van der Waals surface area contributed by atoms with Crippen molar-refractivity contribution < 1.29 is 17.9 Å². The van der Waals surface area contributed by atoms with Crippen LogP contribution < -0.4 is 4.74 Å². The number of hydrogen-bond acceptors (Lipinski definition) is 2. The number of benzene rings is 1. The lowest BCUT2D eigenvalue weighted by molar-refractivity contribution is -0.274. The van der Waals surface area contributed by atoms with Gasteiger partial charge in [-0.05, 0) is 60.9 Å². The highest BCUT2D eigenvalue weighted by Gasteiger charge is 2.31. The van der Waals surface area contributed by atoms with Gasteiger partial charge in [-0.1, -0.05) is 6.07 Å². The molecule has 0 aliphatic rings. The van der Waals surface area contributed by atoms with Crippen molar-refractivity contribution in [3.05, 3.63) is 53.9 Å². The van der Waals surface area contributed by atoms with Crippen LogP contribution in [0.3, 0.4) is 0 Å². The van der Waals surface area contributed by atoms with Gasteiger partial charge in [-0.2, -0.15) is 5.10 Å². The zero-order valence-corrected chi connectivity index (χ0v) is 12.0. The largest absolute Gasteiger partial charge is 0.573 e. The molecule has 0 unspecified atom stereocenters. The van der Waals surface area contributed by atoms with Crippen LogP contribution in [0.1, 0.15) is 11.3 Å². The molecule has 0 spiro atoms. The van der Waals surface area contributed by atoms with Gasteiger partial charge in [0.15, 0.2) is 0 Å².